The molecule has 0 aliphatic carbocycles. The summed E-state index contributed by atoms with van der Waals surface area (Å²) in [5.41, 5.74) is -0.338. The number of carbonyl (C=O) groups is 1. The number of furan rings is 1. The molecule has 170 valence electrons. The Bertz CT molecular complexity index is 1190. The van der Waals surface area contributed by atoms with Crippen molar-refractivity contribution in [1.82, 2.24) is 9.62 Å². The van der Waals surface area contributed by atoms with Crippen molar-refractivity contribution in [3.63, 3.8) is 0 Å². The number of halogens is 4. The van der Waals surface area contributed by atoms with Crippen molar-refractivity contribution in [2.45, 2.75) is 24.2 Å². The van der Waals surface area contributed by atoms with E-state index < -0.39 is 31.7 Å². The summed E-state index contributed by atoms with van der Waals surface area (Å²) in [4.78, 5) is 11.2. The molecule has 0 aliphatic heterocycles. The molecule has 0 atom stereocenters. The van der Waals surface area contributed by atoms with E-state index in [2.05, 4.69) is 5.32 Å². The second-order valence-electron chi connectivity index (χ2n) is 6.77. The van der Waals surface area contributed by atoms with Gasteiger partial charge in [-0.25, -0.2) is 8.42 Å². The predicted molar refractivity (Wildman–Crippen MR) is 111 cm³/mol. The van der Waals surface area contributed by atoms with Crippen LogP contribution in [0.15, 0.2) is 70.2 Å². The third kappa shape index (κ3) is 5.32. The standard InChI is InChI=1S/C21H18ClF3N2O4S/c1-26-20(28)15-6-4-14(5-7-15)12-27(13-16-3-2-10-31-16)32(29,30)17-8-9-19(22)18(11-17)21(23,24)25/h2-11H,12-13H2,1H3,(H,26,28). The summed E-state index contributed by atoms with van der Waals surface area (Å²) >= 11 is 5.63. The van der Waals surface area contributed by atoms with Crippen LogP contribution in [0.3, 0.4) is 0 Å². The predicted octanol–water partition coefficient (Wildman–Crippen LogP) is 4.70. The van der Waals surface area contributed by atoms with Gasteiger partial charge in [-0.1, -0.05) is 23.7 Å². The van der Waals surface area contributed by atoms with Gasteiger partial charge >= 0.3 is 6.18 Å². The third-order valence-corrected chi connectivity index (χ3v) is 6.71. The van der Waals surface area contributed by atoms with E-state index in [1.54, 1.807) is 24.3 Å². The van der Waals surface area contributed by atoms with Crippen LogP contribution in [0.25, 0.3) is 0 Å². The summed E-state index contributed by atoms with van der Waals surface area (Å²) in [5.74, 6) is -0.00183. The van der Waals surface area contributed by atoms with Gasteiger partial charge in [0.05, 0.1) is 28.3 Å². The second-order valence-corrected chi connectivity index (χ2v) is 9.11. The summed E-state index contributed by atoms with van der Waals surface area (Å²) < 4.78 is 72.6. The number of alkyl halides is 3. The summed E-state index contributed by atoms with van der Waals surface area (Å²) in [6, 6.07) is 11.8. The van der Waals surface area contributed by atoms with E-state index in [-0.39, 0.29) is 19.0 Å². The van der Waals surface area contributed by atoms with Crippen molar-refractivity contribution < 1.29 is 30.8 Å². The van der Waals surface area contributed by atoms with E-state index in [0.717, 1.165) is 16.4 Å². The summed E-state index contributed by atoms with van der Waals surface area (Å²) in [7, 11) is -2.89. The number of sulfonamides is 1. The van der Waals surface area contributed by atoms with Crippen LogP contribution < -0.4 is 5.32 Å². The minimum absolute atomic E-state index is 0.166. The SMILES string of the molecule is CNC(=O)c1ccc(CN(Cc2ccco2)S(=O)(=O)c2ccc(Cl)c(C(F)(F)F)c2)cc1. The first kappa shape index (κ1) is 23.8. The molecule has 0 fully saturated rings. The lowest BCUT2D eigenvalue weighted by Gasteiger charge is -2.22. The molecule has 0 bridgehead atoms. The average molecular weight is 487 g/mol. The lowest BCUT2D eigenvalue weighted by Crippen LogP contribution is -2.30. The maximum atomic E-state index is 13.3. The second kappa shape index (κ2) is 9.35. The Hall–Kier alpha value is -2.82. The largest absolute Gasteiger partial charge is 0.468 e. The molecule has 0 aliphatic rings. The van der Waals surface area contributed by atoms with Gasteiger partial charge in [-0.05, 0) is 48.0 Å². The van der Waals surface area contributed by atoms with Gasteiger partial charge in [0.15, 0.2) is 0 Å². The number of rotatable bonds is 7. The zero-order valence-corrected chi connectivity index (χ0v) is 18.3. The van der Waals surface area contributed by atoms with E-state index in [4.69, 9.17) is 16.0 Å². The van der Waals surface area contributed by atoms with Crippen LogP contribution in [0, 0.1) is 0 Å². The fraction of sp³-hybridized carbons (Fsp3) is 0.190. The van der Waals surface area contributed by atoms with E-state index in [1.165, 1.54) is 25.4 Å². The van der Waals surface area contributed by atoms with Crippen LogP contribution >= 0.6 is 11.6 Å². The lowest BCUT2D eigenvalue weighted by molar-refractivity contribution is -0.137. The first-order valence-corrected chi connectivity index (χ1v) is 11.0. The molecule has 1 N–H and O–H groups in total. The van der Waals surface area contributed by atoms with E-state index >= 15 is 0 Å². The van der Waals surface area contributed by atoms with Crippen LogP contribution in [-0.2, 0) is 29.3 Å². The normalized spacial score (nSPS) is 12.2. The molecular weight excluding hydrogens is 469 g/mol. The van der Waals surface area contributed by atoms with Gasteiger partial charge in [0.2, 0.25) is 10.0 Å². The number of benzene rings is 2. The molecule has 3 aromatic rings. The molecule has 2 aromatic carbocycles. The number of nitrogens with zero attached hydrogens (tertiary/aromatic N) is 1. The van der Waals surface area contributed by atoms with E-state index in [1.807, 2.05) is 0 Å². The Kier molecular flexibility index (Phi) is 6.97. The molecule has 1 amide bonds. The molecule has 0 spiro atoms. The Labute approximate surface area is 187 Å². The van der Waals surface area contributed by atoms with Crippen LogP contribution in [0.1, 0.15) is 27.2 Å². The van der Waals surface area contributed by atoms with Crippen molar-refractivity contribution in [3.05, 3.63) is 88.3 Å². The number of hydrogen-bond donors (Lipinski definition) is 1. The van der Waals surface area contributed by atoms with Gasteiger partial charge < -0.3 is 9.73 Å². The van der Waals surface area contributed by atoms with Crippen LogP contribution in [0.5, 0.6) is 0 Å². The van der Waals surface area contributed by atoms with Crippen molar-refractivity contribution in [1.29, 1.82) is 0 Å². The van der Waals surface area contributed by atoms with Gasteiger partial charge in [-0.3, -0.25) is 4.79 Å². The van der Waals surface area contributed by atoms with Gasteiger partial charge in [-0.15, -0.1) is 0 Å². The molecule has 0 radical (unpaired) electrons. The Morgan fingerprint density at radius 3 is 2.34 bits per heavy atom. The van der Waals surface area contributed by atoms with E-state index in [9.17, 15) is 26.4 Å². The topological polar surface area (TPSA) is 79.6 Å². The van der Waals surface area contributed by atoms with Gasteiger partial charge in [-0.2, -0.15) is 17.5 Å². The summed E-state index contributed by atoms with van der Waals surface area (Å²) in [6.45, 7) is -0.377. The summed E-state index contributed by atoms with van der Waals surface area (Å²) in [5, 5.41) is 1.88. The zero-order valence-electron chi connectivity index (χ0n) is 16.7. The molecule has 3 rings (SSSR count). The molecule has 6 nitrogen and oxygen atoms in total. The first-order valence-electron chi connectivity index (χ1n) is 9.22. The Morgan fingerprint density at radius 1 is 1.09 bits per heavy atom. The molecule has 0 saturated carbocycles. The third-order valence-electron chi connectivity index (χ3n) is 4.60. The fourth-order valence-corrected chi connectivity index (χ4v) is 4.59. The smallest absolute Gasteiger partial charge is 0.417 e. The average Bonchev–Trinajstić information content (AvgIpc) is 3.25. The van der Waals surface area contributed by atoms with Crippen molar-refractivity contribution in [3.8, 4) is 0 Å². The highest BCUT2D eigenvalue weighted by atomic mass is 35.5. The molecular formula is C21H18ClF3N2O4S. The molecule has 0 saturated heterocycles. The molecule has 32 heavy (non-hydrogen) atoms. The highest BCUT2D eigenvalue weighted by molar-refractivity contribution is 7.89. The van der Waals surface area contributed by atoms with Crippen molar-refractivity contribution in [2.75, 3.05) is 7.05 Å². The lowest BCUT2D eigenvalue weighted by atomic mass is 10.1. The van der Waals surface area contributed by atoms with Crippen LogP contribution in [0.2, 0.25) is 5.02 Å². The Morgan fingerprint density at radius 2 is 1.78 bits per heavy atom. The quantitative estimate of drug-likeness (QED) is 0.525. The number of amides is 1. The first-order chi connectivity index (χ1) is 15.0. The molecule has 11 heteroatoms. The number of hydrogen-bond acceptors (Lipinski definition) is 4. The summed E-state index contributed by atoms with van der Waals surface area (Å²) in [6.07, 6.45) is -3.45. The number of nitrogens with one attached hydrogen (secondary N) is 1. The molecule has 1 aromatic heterocycles. The van der Waals surface area contributed by atoms with Crippen LogP contribution in [0.4, 0.5) is 13.2 Å². The van der Waals surface area contributed by atoms with Gasteiger partial charge in [0.1, 0.15) is 5.76 Å². The minimum atomic E-state index is -4.82. The monoisotopic (exact) mass is 486 g/mol. The van der Waals surface area contributed by atoms with Gasteiger partial charge in [0.25, 0.3) is 5.91 Å². The maximum Gasteiger partial charge on any atom is 0.417 e. The Balaban J connectivity index is 1.99. The van der Waals surface area contributed by atoms with Crippen molar-refractivity contribution >= 4 is 27.5 Å². The highest BCUT2D eigenvalue weighted by Crippen LogP contribution is 2.36. The number of carbonyl (C=O) groups excluding carboxylic acids is 1. The molecule has 0 unspecified atom stereocenters. The highest BCUT2D eigenvalue weighted by Gasteiger charge is 2.35. The minimum Gasteiger partial charge on any atom is -0.468 e. The maximum absolute atomic E-state index is 13.3. The molecule has 1 heterocycles. The van der Waals surface area contributed by atoms with E-state index in [0.29, 0.717) is 23.0 Å². The van der Waals surface area contributed by atoms with Crippen LogP contribution in [-0.4, -0.2) is 25.7 Å². The zero-order chi connectivity index (χ0) is 23.5. The van der Waals surface area contributed by atoms with Crippen molar-refractivity contribution in [2.24, 2.45) is 0 Å². The fourth-order valence-electron chi connectivity index (χ4n) is 2.94. The van der Waals surface area contributed by atoms with Gasteiger partial charge in [0, 0.05) is 19.2 Å².